The van der Waals surface area contributed by atoms with Gasteiger partial charge in [0, 0.05) is 31.1 Å². The third-order valence-electron chi connectivity index (χ3n) is 3.93. The molecule has 1 fully saturated rings. The van der Waals surface area contributed by atoms with Crippen LogP contribution in [0.25, 0.3) is 10.2 Å². The summed E-state index contributed by atoms with van der Waals surface area (Å²) in [4.78, 5) is 27.3. The lowest BCUT2D eigenvalue weighted by molar-refractivity contribution is -0.128. The molecule has 0 aromatic carbocycles. The van der Waals surface area contributed by atoms with Gasteiger partial charge in [0.25, 0.3) is 0 Å². The molecule has 3 heterocycles. The quantitative estimate of drug-likeness (QED) is 0.807. The van der Waals surface area contributed by atoms with Gasteiger partial charge in [-0.3, -0.25) is 4.79 Å². The van der Waals surface area contributed by atoms with Crippen LogP contribution >= 0.6 is 22.9 Å². The number of aryl methyl sites for hydroxylation is 2. The van der Waals surface area contributed by atoms with Crippen LogP contribution < -0.4 is 4.90 Å². The van der Waals surface area contributed by atoms with E-state index in [4.69, 9.17) is 11.6 Å². The van der Waals surface area contributed by atoms with E-state index in [1.165, 1.54) is 4.88 Å². The molecule has 1 amide bonds. The predicted octanol–water partition coefficient (Wildman–Crippen LogP) is 2.45. The van der Waals surface area contributed by atoms with Gasteiger partial charge in [-0.2, -0.15) is 0 Å². The van der Waals surface area contributed by atoms with Crippen molar-refractivity contribution in [2.75, 3.05) is 37.0 Å². The molecule has 1 saturated heterocycles. The van der Waals surface area contributed by atoms with Crippen molar-refractivity contribution in [3.8, 4) is 0 Å². The molecule has 2 aromatic heterocycles. The molecule has 0 aliphatic carbocycles. The number of carbonyl (C=O) groups excluding carboxylic acids is 1. The zero-order chi connectivity index (χ0) is 15.7. The summed E-state index contributed by atoms with van der Waals surface area (Å²) in [6.45, 7) is 7.04. The maximum atomic E-state index is 11.7. The zero-order valence-electron chi connectivity index (χ0n) is 12.8. The van der Waals surface area contributed by atoms with Gasteiger partial charge in [-0.25, -0.2) is 9.97 Å². The van der Waals surface area contributed by atoms with Crippen LogP contribution in [-0.2, 0) is 11.2 Å². The number of aromatic nitrogens is 2. The fourth-order valence-electron chi connectivity index (χ4n) is 2.73. The summed E-state index contributed by atoms with van der Waals surface area (Å²) >= 11 is 7.37. The van der Waals surface area contributed by atoms with Crippen molar-refractivity contribution >= 4 is 44.9 Å². The van der Waals surface area contributed by atoms with Crippen LogP contribution in [0.1, 0.15) is 17.6 Å². The molecule has 0 radical (unpaired) electrons. The van der Waals surface area contributed by atoms with Crippen LogP contribution in [0.4, 0.5) is 5.82 Å². The highest BCUT2D eigenvalue weighted by atomic mass is 35.5. The van der Waals surface area contributed by atoms with E-state index in [9.17, 15) is 4.79 Å². The normalized spacial score (nSPS) is 15.6. The van der Waals surface area contributed by atoms with Crippen molar-refractivity contribution in [2.45, 2.75) is 20.3 Å². The molecule has 0 N–H and O–H groups in total. The Morgan fingerprint density at radius 3 is 2.68 bits per heavy atom. The minimum absolute atomic E-state index is 0.00846. The summed E-state index contributed by atoms with van der Waals surface area (Å²) < 4.78 is 0. The second kappa shape index (κ2) is 6.38. The number of amides is 1. The van der Waals surface area contributed by atoms with Gasteiger partial charge in [0.2, 0.25) is 5.91 Å². The highest BCUT2D eigenvalue weighted by molar-refractivity contribution is 7.18. The molecule has 0 saturated carbocycles. The summed E-state index contributed by atoms with van der Waals surface area (Å²) in [6.07, 6.45) is 1.01. The Hall–Kier alpha value is -1.40. The third kappa shape index (κ3) is 2.90. The molecule has 5 nitrogen and oxygen atoms in total. The molecule has 7 heteroatoms. The van der Waals surface area contributed by atoms with Gasteiger partial charge in [0.1, 0.15) is 22.4 Å². The van der Waals surface area contributed by atoms with E-state index in [1.54, 1.807) is 11.3 Å². The molecule has 0 unspecified atom stereocenters. The SMILES string of the molecule is CCc1cc2c(N3CCN(C(=O)CCl)CC3)nc(C)nc2s1. The van der Waals surface area contributed by atoms with Crippen LogP contribution in [0.5, 0.6) is 0 Å². The molecule has 0 atom stereocenters. The van der Waals surface area contributed by atoms with Gasteiger partial charge in [-0.1, -0.05) is 6.92 Å². The lowest BCUT2D eigenvalue weighted by atomic mass is 10.2. The van der Waals surface area contributed by atoms with Crippen molar-refractivity contribution in [2.24, 2.45) is 0 Å². The first-order valence-electron chi connectivity index (χ1n) is 7.48. The first-order chi connectivity index (χ1) is 10.6. The average Bonchev–Trinajstić information content (AvgIpc) is 2.96. The van der Waals surface area contributed by atoms with Crippen LogP contribution in [0.3, 0.4) is 0 Å². The minimum Gasteiger partial charge on any atom is -0.352 e. The average molecular weight is 339 g/mol. The number of rotatable bonds is 3. The Bertz CT molecular complexity index is 694. The van der Waals surface area contributed by atoms with Gasteiger partial charge in [0.15, 0.2) is 0 Å². The van der Waals surface area contributed by atoms with Crippen LogP contribution in [0.15, 0.2) is 6.07 Å². The number of fused-ring (bicyclic) bond motifs is 1. The van der Waals surface area contributed by atoms with Crippen molar-refractivity contribution in [1.29, 1.82) is 0 Å². The Kier molecular flexibility index (Phi) is 4.49. The molecular weight excluding hydrogens is 320 g/mol. The summed E-state index contributed by atoms with van der Waals surface area (Å²) in [7, 11) is 0. The summed E-state index contributed by atoms with van der Waals surface area (Å²) in [5, 5.41) is 1.13. The number of carbonyl (C=O) groups is 1. The minimum atomic E-state index is 0.00846. The first-order valence-corrected chi connectivity index (χ1v) is 8.83. The van der Waals surface area contributed by atoms with E-state index >= 15 is 0 Å². The Labute approximate surface area is 138 Å². The van der Waals surface area contributed by atoms with Gasteiger partial charge < -0.3 is 9.80 Å². The molecule has 1 aliphatic heterocycles. The van der Waals surface area contributed by atoms with Crippen molar-refractivity contribution < 1.29 is 4.79 Å². The van der Waals surface area contributed by atoms with E-state index in [2.05, 4.69) is 27.9 Å². The van der Waals surface area contributed by atoms with Crippen molar-refractivity contribution in [1.82, 2.24) is 14.9 Å². The molecule has 3 rings (SSSR count). The zero-order valence-corrected chi connectivity index (χ0v) is 14.4. The number of nitrogens with zero attached hydrogens (tertiary/aromatic N) is 4. The molecule has 118 valence electrons. The second-order valence-electron chi connectivity index (χ2n) is 5.38. The van der Waals surface area contributed by atoms with Crippen molar-refractivity contribution in [3.63, 3.8) is 0 Å². The number of piperazine rings is 1. The number of thiophene rings is 1. The summed E-state index contributed by atoms with van der Waals surface area (Å²) in [6, 6.07) is 2.20. The number of halogens is 1. The Balaban J connectivity index is 1.87. The van der Waals surface area contributed by atoms with E-state index in [-0.39, 0.29) is 11.8 Å². The maximum Gasteiger partial charge on any atom is 0.237 e. The second-order valence-corrected chi connectivity index (χ2v) is 6.76. The lowest BCUT2D eigenvalue weighted by Gasteiger charge is -2.35. The van der Waals surface area contributed by atoms with Crippen molar-refractivity contribution in [3.05, 3.63) is 16.8 Å². The molecular formula is C15H19ClN4OS. The fourth-order valence-corrected chi connectivity index (χ4v) is 3.90. The summed E-state index contributed by atoms with van der Waals surface area (Å²) in [5.74, 6) is 1.86. The van der Waals surface area contributed by atoms with Gasteiger partial charge in [0.05, 0.1) is 5.39 Å². The topological polar surface area (TPSA) is 49.3 Å². The molecule has 0 spiro atoms. The number of alkyl halides is 1. The Morgan fingerprint density at radius 1 is 1.32 bits per heavy atom. The lowest BCUT2D eigenvalue weighted by Crippen LogP contribution is -2.49. The van der Waals surface area contributed by atoms with E-state index in [0.29, 0.717) is 13.1 Å². The van der Waals surface area contributed by atoms with E-state index < -0.39 is 0 Å². The standard InChI is InChI=1S/C15H19ClN4OS/c1-3-11-8-12-14(17-10(2)18-15(12)22-11)20-6-4-19(5-7-20)13(21)9-16/h8H,3-7,9H2,1-2H3. The van der Waals surface area contributed by atoms with Gasteiger partial charge >= 0.3 is 0 Å². The molecule has 22 heavy (non-hydrogen) atoms. The molecule has 1 aliphatic rings. The van der Waals surface area contributed by atoms with Crippen LogP contribution in [0.2, 0.25) is 0 Å². The predicted molar refractivity (Wildman–Crippen MR) is 91.0 cm³/mol. The maximum absolute atomic E-state index is 11.7. The van der Waals surface area contributed by atoms with E-state index in [0.717, 1.165) is 41.4 Å². The van der Waals surface area contributed by atoms with Gasteiger partial charge in [-0.15, -0.1) is 22.9 Å². The van der Waals surface area contributed by atoms with Gasteiger partial charge in [-0.05, 0) is 19.4 Å². The van der Waals surface area contributed by atoms with Crippen LogP contribution in [-0.4, -0.2) is 52.8 Å². The highest BCUT2D eigenvalue weighted by Crippen LogP contribution is 2.31. The number of hydrogen-bond acceptors (Lipinski definition) is 5. The monoisotopic (exact) mass is 338 g/mol. The van der Waals surface area contributed by atoms with Crippen LogP contribution in [0, 0.1) is 6.92 Å². The molecule has 0 bridgehead atoms. The van der Waals surface area contributed by atoms with E-state index in [1.807, 2.05) is 11.8 Å². The smallest absolute Gasteiger partial charge is 0.237 e. The number of hydrogen-bond donors (Lipinski definition) is 0. The largest absolute Gasteiger partial charge is 0.352 e. The first kappa shape index (κ1) is 15.5. The third-order valence-corrected chi connectivity index (χ3v) is 5.33. The molecule has 2 aromatic rings. The highest BCUT2D eigenvalue weighted by Gasteiger charge is 2.23. The summed E-state index contributed by atoms with van der Waals surface area (Å²) in [5.41, 5.74) is 0. The fraction of sp³-hybridized carbons (Fsp3) is 0.533. The number of anilines is 1. The Morgan fingerprint density at radius 2 is 2.05 bits per heavy atom.